The highest BCUT2D eigenvalue weighted by Gasteiger charge is 2.22. The van der Waals surface area contributed by atoms with E-state index in [4.69, 9.17) is 19.9 Å². The van der Waals surface area contributed by atoms with Crippen LogP contribution in [-0.2, 0) is 0 Å². The van der Waals surface area contributed by atoms with E-state index in [0.29, 0.717) is 11.6 Å². The SMILES string of the molecule is c1ccc(-c2ncc(-c3cc(-c4ccc5c(c4)-c4ccccc4Sc4ccccc4-c4ccccc4-c4ccccc4-5)nc(-c4ccccc4)n3)cn2)cc1. The van der Waals surface area contributed by atoms with Crippen molar-refractivity contribution in [2.45, 2.75) is 9.79 Å². The van der Waals surface area contributed by atoms with Crippen LogP contribution in [0.15, 0.2) is 204 Å². The molecule has 5 heteroatoms. The molecular weight excluding hydrogens is 689 g/mol. The molecule has 0 radical (unpaired) electrons. The third-order valence-corrected chi connectivity index (χ3v) is 11.2. The van der Waals surface area contributed by atoms with Gasteiger partial charge in [-0.2, -0.15) is 0 Å². The van der Waals surface area contributed by atoms with E-state index < -0.39 is 0 Å². The van der Waals surface area contributed by atoms with Crippen molar-refractivity contribution >= 4 is 11.8 Å². The van der Waals surface area contributed by atoms with Gasteiger partial charge in [0.05, 0.1) is 11.4 Å². The minimum Gasteiger partial charge on any atom is -0.236 e. The fraction of sp³-hybridized carbons (Fsp3) is 0. The fourth-order valence-electron chi connectivity index (χ4n) is 7.40. The summed E-state index contributed by atoms with van der Waals surface area (Å²) in [7, 11) is 0. The average molecular weight is 721 g/mol. The summed E-state index contributed by atoms with van der Waals surface area (Å²) in [6.45, 7) is 0. The molecule has 0 saturated carbocycles. The lowest BCUT2D eigenvalue weighted by atomic mass is 9.86. The summed E-state index contributed by atoms with van der Waals surface area (Å²) >= 11 is 1.82. The molecule has 10 rings (SSSR count). The quantitative estimate of drug-likeness (QED) is 0.181. The zero-order valence-electron chi connectivity index (χ0n) is 29.7. The van der Waals surface area contributed by atoms with Gasteiger partial charge in [-0.05, 0) is 68.8 Å². The number of aromatic nitrogens is 4. The summed E-state index contributed by atoms with van der Waals surface area (Å²) in [4.78, 5) is 22.1. The van der Waals surface area contributed by atoms with Crippen LogP contribution >= 0.6 is 11.8 Å². The normalized spacial score (nSPS) is 11.6. The second-order valence-electron chi connectivity index (χ2n) is 13.4. The minimum atomic E-state index is 0.645. The summed E-state index contributed by atoms with van der Waals surface area (Å²) in [6.07, 6.45) is 3.71. The van der Waals surface area contributed by atoms with E-state index in [9.17, 15) is 0 Å². The van der Waals surface area contributed by atoms with Crippen LogP contribution in [-0.4, -0.2) is 19.9 Å². The molecule has 55 heavy (non-hydrogen) atoms. The molecule has 0 unspecified atom stereocenters. The highest BCUT2D eigenvalue weighted by atomic mass is 32.2. The number of fused-ring (bicyclic) bond motifs is 9. The van der Waals surface area contributed by atoms with Gasteiger partial charge in [0.15, 0.2) is 11.6 Å². The second kappa shape index (κ2) is 14.1. The molecule has 0 amide bonds. The first-order valence-corrected chi connectivity index (χ1v) is 19.1. The maximum atomic E-state index is 5.21. The summed E-state index contributed by atoms with van der Waals surface area (Å²) in [5, 5.41) is 0. The molecule has 2 aromatic heterocycles. The van der Waals surface area contributed by atoms with Gasteiger partial charge in [0.2, 0.25) is 0 Å². The van der Waals surface area contributed by atoms with Gasteiger partial charge in [-0.3, -0.25) is 0 Å². The number of rotatable bonds is 4. The minimum absolute atomic E-state index is 0.645. The fourth-order valence-corrected chi connectivity index (χ4v) is 8.50. The van der Waals surface area contributed by atoms with Gasteiger partial charge in [0, 0.05) is 44.4 Å². The summed E-state index contributed by atoms with van der Waals surface area (Å²) < 4.78 is 0. The van der Waals surface area contributed by atoms with Crippen molar-refractivity contribution in [3.8, 4) is 89.8 Å². The molecule has 0 aliphatic carbocycles. The first-order chi connectivity index (χ1) is 27.3. The van der Waals surface area contributed by atoms with Crippen LogP contribution in [0.3, 0.4) is 0 Å². The van der Waals surface area contributed by atoms with E-state index in [1.807, 2.05) is 84.8 Å². The van der Waals surface area contributed by atoms with E-state index in [1.54, 1.807) is 0 Å². The molecule has 1 aliphatic rings. The Morgan fingerprint density at radius 3 is 1.27 bits per heavy atom. The van der Waals surface area contributed by atoms with Crippen LogP contribution in [0.5, 0.6) is 0 Å². The zero-order chi connectivity index (χ0) is 36.6. The number of benzene rings is 7. The Balaban J connectivity index is 1.19. The summed E-state index contributed by atoms with van der Waals surface area (Å²) in [6, 6.07) is 64.0. The molecule has 3 heterocycles. The van der Waals surface area contributed by atoms with Gasteiger partial charge in [0.1, 0.15) is 0 Å². The maximum Gasteiger partial charge on any atom is 0.160 e. The van der Waals surface area contributed by atoms with E-state index in [2.05, 4.69) is 121 Å². The van der Waals surface area contributed by atoms with Crippen molar-refractivity contribution in [2.75, 3.05) is 0 Å². The van der Waals surface area contributed by atoms with Crippen molar-refractivity contribution in [2.24, 2.45) is 0 Å². The van der Waals surface area contributed by atoms with Gasteiger partial charge in [0.25, 0.3) is 0 Å². The van der Waals surface area contributed by atoms with E-state index in [-0.39, 0.29) is 0 Å². The first-order valence-electron chi connectivity index (χ1n) is 18.3. The van der Waals surface area contributed by atoms with Gasteiger partial charge < -0.3 is 0 Å². The summed E-state index contributed by atoms with van der Waals surface area (Å²) in [5.74, 6) is 1.32. The molecule has 0 fully saturated rings. The number of hydrogen-bond acceptors (Lipinski definition) is 5. The second-order valence-corrected chi connectivity index (χ2v) is 14.5. The Hall–Kier alpha value is -6.95. The van der Waals surface area contributed by atoms with Crippen LogP contribution in [0.25, 0.3) is 89.8 Å². The molecule has 0 spiro atoms. The molecule has 1 aliphatic heterocycles. The Morgan fingerprint density at radius 2 is 0.709 bits per heavy atom. The predicted octanol–water partition coefficient (Wildman–Crippen LogP) is 13.1. The van der Waals surface area contributed by atoms with Crippen molar-refractivity contribution in [1.82, 2.24) is 19.9 Å². The van der Waals surface area contributed by atoms with Crippen LogP contribution < -0.4 is 0 Å². The van der Waals surface area contributed by atoms with Gasteiger partial charge in [-0.25, -0.2) is 19.9 Å². The molecule has 0 N–H and O–H groups in total. The summed E-state index contributed by atoms with van der Waals surface area (Å²) in [5.41, 5.74) is 14.8. The standard InChI is InChI=1S/C50H32N4S/c1-3-15-33(16-4-1)49-51-31-36(32-52-49)46-30-45(53-50(54-46)34-17-5-2-6-18-34)35-27-28-41-39-21-8-7-19-37(39)38-20-9-10-22-40(38)42-23-11-13-25-47(42)55-48-26-14-12-24-43(48)44(41)29-35/h1-32H. The molecule has 0 atom stereocenters. The van der Waals surface area contributed by atoms with Gasteiger partial charge in [-0.1, -0.05) is 169 Å². The first kappa shape index (κ1) is 32.7. The van der Waals surface area contributed by atoms with E-state index in [1.165, 1.54) is 43.2 Å². The predicted molar refractivity (Wildman–Crippen MR) is 225 cm³/mol. The topological polar surface area (TPSA) is 51.6 Å². The van der Waals surface area contributed by atoms with Crippen LogP contribution in [0.1, 0.15) is 0 Å². The molecule has 0 saturated heterocycles. The Bertz CT molecular complexity index is 2840. The smallest absolute Gasteiger partial charge is 0.160 e. The molecule has 4 nitrogen and oxygen atoms in total. The van der Waals surface area contributed by atoms with Crippen molar-refractivity contribution in [3.05, 3.63) is 194 Å². The average Bonchev–Trinajstić information content (AvgIpc) is 3.28. The molecular formula is C50H32N4S. The van der Waals surface area contributed by atoms with Gasteiger partial charge in [-0.15, -0.1) is 0 Å². The zero-order valence-corrected chi connectivity index (χ0v) is 30.5. The lowest BCUT2D eigenvalue weighted by Gasteiger charge is -2.18. The van der Waals surface area contributed by atoms with Gasteiger partial charge >= 0.3 is 0 Å². The maximum absolute atomic E-state index is 5.21. The van der Waals surface area contributed by atoms with Crippen LogP contribution in [0, 0.1) is 0 Å². The third-order valence-electron chi connectivity index (χ3n) is 10.1. The molecule has 9 aromatic rings. The molecule has 258 valence electrons. The van der Waals surface area contributed by atoms with Crippen molar-refractivity contribution in [1.29, 1.82) is 0 Å². The lowest BCUT2D eigenvalue weighted by molar-refractivity contribution is 1.14. The Morgan fingerprint density at radius 1 is 0.291 bits per heavy atom. The van der Waals surface area contributed by atoms with E-state index in [0.717, 1.165) is 44.8 Å². The largest absolute Gasteiger partial charge is 0.236 e. The lowest BCUT2D eigenvalue weighted by Crippen LogP contribution is -1.98. The highest BCUT2D eigenvalue weighted by molar-refractivity contribution is 7.99. The number of hydrogen-bond donors (Lipinski definition) is 0. The van der Waals surface area contributed by atoms with E-state index >= 15 is 0 Å². The third kappa shape index (κ3) is 6.21. The molecule has 0 bridgehead atoms. The Kier molecular flexibility index (Phi) is 8.39. The Labute approximate surface area is 324 Å². The van der Waals surface area contributed by atoms with Crippen LogP contribution in [0.4, 0.5) is 0 Å². The monoisotopic (exact) mass is 720 g/mol. The molecule has 7 aromatic carbocycles. The number of nitrogens with zero attached hydrogens (tertiary/aromatic N) is 4. The highest BCUT2D eigenvalue weighted by Crippen LogP contribution is 2.49. The van der Waals surface area contributed by atoms with Crippen molar-refractivity contribution < 1.29 is 0 Å². The van der Waals surface area contributed by atoms with Crippen LogP contribution in [0.2, 0.25) is 0 Å². The van der Waals surface area contributed by atoms with Crippen molar-refractivity contribution in [3.63, 3.8) is 0 Å².